The van der Waals surface area contributed by atoms with Crippen molar-refractivity contribution in [2.45, 2.75) is 12.5 Å². The van der Waals surface area contributed by atoms with Gasteiger partial charge in [0.15, 0.2) is 0 Å². The van der Waals surface area contributed by atoms with E-state index in [-0.39, 0.29) is 18.4 Å². The summed E-state index contributed by atoms with van der Waals surface area (Å²) in [6, 6.07) is 8.46. The molecular formula is C12H14ClNS. The molecule has 0 spiro atoms. The minimum atomic E-state index is 0. The second-order valence-electron chi connectivity index (χ2n) is 3.32. The van der Waals surface area contributed by atoms with Crippen LogP contribution in [0, 0.1) is 0 Å². The van der Waals surface area contributed by atoms with Crippen molar-refractivity contribution in [2.24, 2.45) is 5.73 Å². The lowest BCUT2D eigenvalue weighted by molar-refractivity contribution is 0.751. The first-order valence-corrected chi connectivity index (χ1v) is 5.53. The summed E-state index contributed by atoms with van der Waals surface area (Å²) in [6.07, 6.45) is 2.71. The molecule has 15 heavy (non-hydrogen) atoms. The van der Waals surface area contributed by atoms with Crippen LogP contribution in [0.25, 0.3) is 10.1 Å². The van der Waals surface area contributed by atoms with Crippen LogP contribution >= 0.6 is 23.7 Å². The van der Waals surface area contributed by atoms with E-state index in [1.807, 2.05) is 6.08 Å². The van der Waals surface area contributed by atoms with Gasteiger partial charge in [0, 0.05) is 10.7 Å². The summed E-state index contributed by atoms with van der Waals surface area (Å²) >= 11 is 1.75. The summed E-state index contributed by atoms with van der Waals surface area (Å²) in [5, 5.41) is 3.44. The Bertz CT molecular complexity index is 450. The maximum Gasteiger partial charge on any atom is 0.0346 e. The highest BCUT2D eigenvalue weighted by Gasteiger charge is 2.09. The molecule has 1 aromatic carbocycles. The van der Waals surface area contributed by atoms with Crippen molar-refractivity contribution in [1.82, 2.24) is 0 Å². The van der Waals surface area contributed by atoms with E-state index in [1.54, 1.807) is 11.3 Å². The quantitative estimate of drug-likeness (QED) is 0.808. The smallest absolute Gasteiger partial charge is 0.0346 e. The molecule has 0 bridgehead atoms. The highest BCUT2D eigenvalue weighted by atomic mass is 35.5. The molecule has 2 rings (SSSR count). The van der Waals surface area contributed by atoms with E-state index in [0.29, 0.717) is 0 Å². The van der Waals surface area contributed by atoms with Gasteiger partial charge in [-0.05, 0) is 28.8 Å². The van der Waals surface area contributed by atoms with Crippen molar-refractivity contribution in [2.75, 3.05) is 0 Å². The van der Waals surface area contributed by atoms with Crippen molar-refractivity contribution >= 4 is 33.8 Å². The molecule has 0 saturated carbocycles. The number of halogens is 1. The van der Waals surface area contributed by atoms with Crippen LogP contribution in [0.1, 0.15) is 18.0 Å². The Kier molecular flexibility index (Phi) is 4.33. The van der Waals surface area contributed by atoms with Gasteiger partial charge in [-0.25, -0.2) is 0 Å². The van der Waals surface area contributed by atoms with E-state index in [2.05, 4.69) is 36.2 Å². The summed E-state index contributed by atoms with van der Waals surface area (Å²) in [7, 11) is 0. The van der Waals surface area contributed by atoms with Crippen LogP contribution in [-0.4, -0.2) is 0 Å². The molecule has 1 aromatic heterocycles. The van der Waals surface area contributed by atoms with Crippen LogP contribution in [0.3, 0.4) is 0 Å². The van der Waals surface area contributed by atoms with Crippen molar-refractivity contribution in [3.8, 4) is 0 Å². The Morgan fingerprint density at radius 1 is 1.40 bits per heavy atom. The lowest BCUT2D eigenvalue weighted by Crippen LogP contribution is -2.07. The average molecular weight is 240 g/mol. The first-order chi connectivity index (χ1) is 6.83. The van der Waals surface area contributed by atoms with Gasteiger partial charge in [0.25, 0.3) is 0 Å². The predicted octanol–water partition coefficient (Wildman–Crippen LogP) is 3.90. The molecule has 3 heteroatoms. The van der Waals surface area contributed by atoms with Gasteiger partial charge < -0.3 is 5.73 Å². The lowest BCUT2D eigenvalue weighted by atomic mass is 10.0. The molecular weight excluding hydrogens is 226 g/mol. The maximum atomic E-state index is 6.05. The Morgan fingerprint density at radius 3 is 2.87 bits per heavy atom. The number of hydrogen-bond acceptors (Lipinski definition) is 2. The van der Waals surface area contributed by atoms with Crippen LogP contribution in [0.2, 0.25) is 0 Å². The molecule has 0 radical (unpaired) electrons. The predicted molar refractivity (Wildman–Crippen MR) is 70.8 cm³/mol. The molecule has 0 aliphatic heterocycles. The molecule has 1 atom stereocenters. The normalized spacial score (nSPS) is 12.1. The fourth-order valence-electron chi connectivity index (χ4n) is 1.59. The van der Waals surface area contributed by atoms with Crippen LogP contribution in [0.4, 0.5) is 0 Å². The third kappa shape index (κ3) is 2.40. The van der Waals surface area contributed by atoms with E-state index in [4.69, 9.17) is 5.73 Å². The monoisotopic (exact) mass is 239 g/mol. The van der Waals surface area contributed by atoms with Gasteiger partial charge in [0.05, 0.1) is 0 Å². The van der Waals surface area contributed by atoms with Gasteiger partial charge in [-0.1, -0.05) is 24.3 Å². The summed E-state index contributed by atoms with van der Waals surface area (Å²) in [5.41, 5.74) is 7.29. The maximum absolute atomic E-state index is 6.05. The fourth-order valence-corrected chi connectivity index (χ4v) is 2.62. The molecule has 80 valence electrons. The lowest BCUT2D eigenvalue weighted by Gasteiger charge is -2.07. The summed E-state index contributed by atoms with van der Waals surface area (Å²) in [6.45, 7) is 3.71. The van der Waals surface area contributed by atoms with E-state index in [0.717, 1.165) is 6.42 Å². The van der Waals surface area contributed by atoms with Gasteiger partial charge in [-0.3, -0.25) is 0 Å². The SMILES string of the molecule is C=CC[C@H](N)c1csc2ccccc12.Cl. The molecule has 0 unspecified atom stereocenters. The van der Waals surface area contributed by atoms with Crippen LogP contribution in [0.15, 0.2) is 42.3 Å². The third-order valence-electron chi connectivity index (χ3n) is 2.33. The Labute approximate surface area is 100 Å². The van der Waals surface area contributed by atoms with Gasteiger partial charge in [-0.15, -0.1) is 30.3 Å². The second kappa shape index (κ2) is 5.31. The number of rotatable bonds is 3. The van der Waals surface area contributed by atoms with Crippen molar-refractivity contribution < 1.29 is 0 Å². The fraction of sp³-hybridized carbons (Fsp3) is 0.167. The third-order valence-corrected chi connectivity index (χ3v) is 3.31. The van der Waals surface area contributed by atoms with Crippen molar-refractivity contribution in [3.05, 3.63) is 47.9 Å². The zero-order chi connectivity index (χ0) is 9.97. The highest BCUT2D eigenvalue weighted by Crippen LogP contribution is 2.30. The molecule has 1 nitrogen and oxygen atoms in total. The molecule has 0 saturated heterocycles. The van der Waals surface area contributed by atoms with Crippen LogP contribution < -0.4 is 5.73 Å². The highest BCUT2D eigenvalue weighted by molar-refractivity contribution is 7.17. The van der Waals surface area contributed by atoms with Gasteiger partial charge in [0.2, 0.25) is 0 Å². The number of hydrogen-bond donors (Lipinski definition) is 1. The zero-order valence-corrected chi connectivity index (χ0v) is 9.98. The molecule has 0 aliphatic carbocycles. The number of benzene rings is 1. The van der Waals surface area contributed by atoms with Crippen molar-refractivity contribution in [1.29, 1.82) is 0 Å². The minimum Gasteiger partial charge on any atom is -0.324 e. The Morgan fingerprint density at radius 2 is 2.13 bits per heavy atom. The van der Waals surface area contributed by atoms with Crippen LogP contribution in [0.5, 0.6) is 0 Å². The molecule has 1 heterocycles. The molecule has 2 aromatic rings. The summed E-state index contributed by atoms with van der Waals surface area (Å²) in [5.74, 6) is 0. The topological polar surface area (TPSA) is 26.0 Å². The number of fused-ring (bicyclic) bond motifs is 1. The summed E-state index contributed by atoms with van der Waals surface area (Å²) in [4.78, 5) is 0. The van der Waals surface area contributed by atoms with Crippen LogP contribution in [-0.2, 0) is 0 Å². The minimum absolute atomic E-state index is 0. The zero-order valence-electron chi connectivity index (χ0n) is 8.35. The average Bonchev–Trinajstić information content (AvgIpc) is 2.61. The first-order valence-electron chi connectivity index (χ1n) is 4.65. The van der Waals surface area contributed by atoms with Gasteiger partial charge in [-0.2, -0.15) is 0 Å². The second-order valence-corrected chi connectivity index (χ2v) is 4.23. The molecule has 0 fully saturated rings. The van der Waals surface area contributed by atoms with E-state index < -0.39 is 0 Å². The molecule has 0 aliphatic rings. The van der Waals surface area contributed by atoms with E-state index >= 15 is 0 Å². The van der Waals surface area contributed by atoms with Gasteiger partial charge in [0.1, 0.15) is 0 Å². The Hall–Kier alpha value is -0.830. The number of nitrogens with two attached hydrogens (primary N) is 1. The van der Waals surface area contributed by atoms with Crippen molar-refractivity contribution in [3.63, 3.8) is 0 Å². The molecule has 2 N–H and O–H groups in total. The van der Waals surface area contributed by atoms with E-state index in [1.165, 1.54) is 15.6 Å². The number of thiophene rings is 1. The molecule has 0 amide bonds. The Balaban J connectivity index is 0.00000112. The largest absolute Gasteiger partial charge is 0.324 e. The first kappa shape index (κ1) is 12.2. The summed E-state index contributed by atoms with van der Waals surface area (Å²) < 4.78 is 1.31. The standard InChI is InChI=1S/C12H13NS.ClH/c1-2-5-11(13)10-8-14-12-7-4-3-6-9(10)12;/h2-4,6-8,11H,1,5,13H2;1H/t11-;/m0./s1. The van der Waals surface area contributed by atoms with Gasteiger partial charge >= 0.3 is 0 Å². The van der Waals surface area contributed by atoms with E-state index in [9.17, 15) is 0 Å².